The van der Waals surface area contributed by atoms with Crippen molar-refractivity contribution >= 4 is 7.60 Å². The molecule has 0 spiro atoms. The van der Waals surface area contributed by atoms with E-state index in [9.17, 15) is 4.57 Å². The average molecular weight is 167 g/mol. The molecule has 0 aromatic rings. The van der Waals surface area contributed by atoms with Gasteiger partial charge in [-0.3, -0.25) is 4.57 Å². The molecule has 0 saturated heterocycles. The largest absolute Gasteiger partial charge is 0.341 e. The highest BCUT2D eigenvalue weighted by molar-refractivity contribution is 7.52. The molecule has 5 heteroatoms. The Labute approximate surface area is 60.9 Å². The van der Waals surface area contributed by atoms with Crippen molar-refractivity contribution < 1.29 is 14.0 Å². The van der Waals surface area contributed by atoms with Crippen LogP contribution < -0.4 is 5.73 Å². The molecule has 0 aliphatic rings. The van der Waals surface area contributed by atoms with Crippen LogP contribution in [0, 0.1) is 0 Å². The van der Waals surface area contributed by atoms with Crippen molar-refractivity contribution in [3.8, 4) is 0 Å². The van der Waals surface area contributed by atoms with Gasteiger partial charge in [0.2, 0.25) is 0 Å². The zero-order valence-corrected chi connectivity index (χ0v) is 7.17. The van der Waals surface area contributed by atoms with Gasteiger partial charge in [0.1, 0.15) is 0 Å². The summed E-state index contributed by atoms with van der Waals surface area (Å²) in [5.74, 6) is 0. The lowest BCUT2D eigenvalue weighted by Crippen LogP contribution is -2.09. The van der Waals surface area contributed by atoms with E-state index in [1.165, 1.54) is 0 Å². The summed E-state index contributed by atoms with van der Waals surface area (Å²) < 4.78 is 15.5. The molecule has 0 aliphatic heterocycles. The van der Waals surface area contributed by atoms with Crippen LogP contribution in [0.2, 0.25) is 0 Å². The van der Waals surface area contributed by atoms with E-state index in [-0.39, 0.29) is 12.4 Å². The van der Waals surface area contributed by atoms with Crippen LogP contribution in [0.3, 0.4) is 0 Å². The first kappa shape index (κ1) is 10.1. The molecule has 0 heterocycles. The van der Waals surface area contributed by atoms with Crippen molar-refractivity contribution in [2.24, 2.45) is 5.73 Å². The number of hydrogen-bond donors (Lipinski definition) is 2. The minimum atomic E-state index is -3.47. The van der Waals surface area contributed by atoms with Gasteiger partial charge in [0.25, 0.3) is 0 Å². The van der Waals surface area contributed by atoms with Gasteiger partial charge in [0.15, 0.2) is 0 Å². The maximum atomic E-state index is 10.8. The highest BCUT2D eigenvalue weighted by atomic mass is 31.2. The summed E-state index contributed by atoms with van der Waals surface area (Å²) in [4.78, 5) is 8.83. The summed E-state index contributed by atoms with van der Waals surface area (Å²) in [6, 6.07) is 0. The Morgan fingerprint density at radius 2 is 2.30 bits per heavy atom. The maximum absolute atomic E-state index is 10.8. The van der Waals surface area contributed by atoms with E-state index < -0.39 is 7.60 Å². The van der Waals surface area contributed by atoms with E-state index >= 15 is 0 Å². The summed E-state index contributed by atoms with van der Waals surface area (Å²) in [6.07, 6.45) is 0.210. The van der Waals surface area contributed by atoms with Gasteiger partial charge in [0, 0.05) is 0 Å². The Bertz CT molecular complexity index is 139. The first-order valence-electron chi connectivity index (χ1n) is 3.22. The van der Waals surface area contributed by atoms with Crippen LogP contribution in [0.4, 0.5) is 0 Å². The van der Waals surface area contributed by atoms with Crippen molar-refractivity contribution in [2.75, 3.05) is 6.29 Å². The number of rotatable bonds is 4. The van der Waals surface area contributed by atoms with Gasteiger partial charge in [-0.1, -0.05) is 6.92 Å². The molecule has 0 amide bonds. The second kappa shape index (κ2) is 4.09. The third-order valence-corrected chi connectivity index (χ3v) is 2.30. The van der Waals surface area contributed by atoms with Gasteiger partial charge in [-0.2, -0.15) is 0 Å². The second-order valence-corrected chi connectivity index (χ2v) is 4.00. The van der Waals surface area contributed by atoms with E-state index in [1.807, 2.05) is 6.92 Å². The fourth-order valence-electron chi connectivity index (χ4n) is 0.399. The minimum absolute atomic E-state index is 0.195. The molecule has 0 rings (SSSR count). The molecule has 0 radical (unpaired) electrons. The van der Waals surface area contributed by atoms with Crippen molar-refractivity contribution in [1.29, 1.82) is 0 Å². The van der Waals surface area contributed by atoms with Gasteiger partial charge in [-0.15, -0.1) is 0 Å². The Hall–Kier alpha value is 0.110. The Balaban J connectivity index is 3.77. The lowest BCUT2D eigenvalue weighted by Gasteiger charge is -2.14. The Morgan fingerprint density at radius 1 is 1.80 bits per heavy atom. The van der Waals surface area contributed by atoms with Gasteiger partial charge in [-0.05, 0) is 13.3 Å². The van der Waals surface area contributed by atoms with Crippen LogP contribution in [0.25, 0.3) is 0 Å². The Kier molecular flexibility index (Phi) is 4.13. The van der Waals surface area contributed by atoms with Crippen molar-refractivity contribution in [2.45, 2.75) is 26.4 Å². The molecule has 0 fully saturated rings. The number of nitrogens with two attached hydrogens (primary N) is 1. The van der Waals surface area contributed by atoms with E-state index in [4.69, 9.17) is 15.2 Å². The van der Waals surface area contributed by atoms with Crippen LogP contribution in [-0.2, 0) is 9.09 Å². The molecule has 3 N–H and O–H groups in total. The predicted octanol–water partition coefficient (Wildman–Crippen LogP) is 0.903. The van der Waals surface area contributed by atoms with Gasteiger partial charge >= 0.3 is 7.60 Å². The van der Waals surface area contributed by atoms with Crippen LogP contribution in [0.15, 0.2) is 0 Å². The minimum Gasteiger partial charge on any atom is -0.323 e. The van der Waals surface area contributed by atoms with Crippen LogP contribution in [0.1, 0.15) is 20.3 Å². The third-order valence-electron chi connectivity index (χ3n) is 1.15. The summed E-state index contributed by atoms with van der Waals surface area (Å²) >= 11 is 0. The first-order valence-corrected chi connectivity index (χ1v) is 4.98. The SMILES string of the molecule is CCC(C)OP(=O)(O)CN. The number of hydrogen-bond acceptors (Lipinski definition) is 3. The Morgan fingerprint density at radius 3 is 2.60 bits per heavy atom. The molecule has 2 atom stereocenters. The highest BCUT2D eigenvalue weighted by Gasteiger charge is 2.18. The van der Waals surface area contributed by atoms with Gasteiger partial charge in [-0.25, -0.2) is 0 Å². The lowest BCUT2D eigenvalue weighted by atomic mass is 10.3. The molecule has 0 saturated carbocycles. The fraction of sp³-hybridized carbons (Fsp3) is 1.00. The lowest BCUT2D eigenvalue weighted by molar-refractivity contribution is 0.186. The van der Waals surface area contributed by atoms with E-state index in [0.29, 0.717) is 6.42 Å². The van der Waals surface area contributed by atoms with Crippen molar-refractivity contribution in [3.05, 3.63) is 0 Å². The smallest absolute Gasteiger partial charge is 0.323 e. The average Bonchev–Trinajstić information content (AvgIpc) is 1.87. The topological polar surface area (TPSA) is 72.5 Å². The van der Waals surface area contributed by atoms with Crippen LogP contribution in [0.5, 0.6) is 0 Å². The predicted molar refractivity (Wildman–Crippen MR) is 39.7 cm³/mol. The highest BCUT2D eigenvalue weighted by Crippen LogP contribution is 2.41. The van der Waals surface area contributed by atoms with E-state index in [0.717, 1.165) is 0 Å². The van der Waals surface area contributed by atoms with E-state index in [1.54, 1.807) is 6.92 Å². The molecule has 4 nitrogen and oxygen atoms in total. The molecule has 10 heavy (non-hydrogen) atoms. The van der Waals surface area contributed by atoms with Gasteiger partial charge in [0.05, 0.1) is 12.4 Å². The first-order chi connectivity index (χ1) is 4.52. The standard InChI is InChI=1S/C5H14NO3P/c1-3-5(2)9-10(7,8)4-6/h5H,3-4,6H2,1-2H3,(H,7,8). The molecule has 2 unspecified atom stereocenters. The maximum Gasteiger partial charge on any atom is 0.341 e. The molecule has 62 valence electrons. The summed E-state index contributed by atoms with van der Waals surface area (Å²) in [6.45, 7) is 3.61. The summed E-state index contributed by atoms with van der Waals surface area (Å²) in [7, 11) is -3.47. The zero-order chi connectivity index (χ0) is 8.20. The normalized spacial score (nSPS) is 20.0. The van der Waals surface area contributed by atoms with Crippen LogP contribution in [-0.4, -0.2) is 17.3 Å². The summed E-state index contributed by atoms with van der Waals surface area (Å²) in [5, 5.41) is 0. The quantitative estimate of drug-likeness (QED) is 0.610. The third kappa shape index (κ3) is 4.01. The molecule has 0 aliphatic carbocycles. The molecular weight excluding hydrogens is 153 g/mol. The molecule has 0 aromatic heterocycles. The monoisotopic (exact) mass is 167 g/mol. The molecular formula is C5H14NO3P. The summed E-state index contributed by atoms with van der Waals surface area (Å²) in [5.41, 5.74) is 4.97. The van der Waals surface area contributed by atoms with Crippen molar-refractivity contribution in [3.63, 3.8) is 0 Å². The van der Waals surface area contributed by atoms with Crippen LogP contribution >= 0.6 is 7.60 Å². The van der Waals surface area contributed by atoms with Gasteiger partial charge < -0.3 is 15.2 Å². The second-order valence-electron chi connectivity index (χ2n) is 2.14. The fourth-order valence-corrected chi connectivity index (χ4v) is 1.20. The van der Waals surface area contributed by atoms with Crippen molar-refractivity contribution in [1.82, 2.24) is 0 Å². The molecule has 0 bridgehead atoms. The zero-order valence-electron chi connectivity index (χ0n) is 6.28. The molecule has 0 aromatic carbocycles. The van der Waals surface area contributed by atoms with E-state index in [2.05, 4.69) is 0 Å².